The lowest BCUT2D eigenvalue weighted by molar-refractivity contribution is -0.137. The number of allylic oxidation sites excluding steroid dienone is 3. The molecule has 0 amide bonds. The van der Waals surface area contributed by atoms with Crippen LogP contribution in [0.2, 0.25) is 0 Å². The molecule has 3 rings (SSSR count). The van der Waals surface area contributed by atoms with Gasteiger partial charge >= 0.3 is 5.97 Å². The molecule has 29 heavy (non-hydrogen) atoms. The second-order valence-electron chi connectivity index (χ2n) is 10.4. The van der Waals surface area contributed by atoms with E-state index in [-0.39, 0.29) is 16.8 Å². The van der Waals surface area contributed by atoms with Crippen LogP contribution in [0.4, 0.5) is 0 Å². The van der Waals surface area contributed by atoms with Crippen molar-refractivity contribution in [3.8, 4) is 0 Å². The first-order valence-electron chi connectivity index (χ1n) is 11.2. The first-order chi connectivity index (χ1) is 13.5. The highest BCUT2D eigenvalue weighted by Crippen LogP contribution is 2.51. The summed E-state index contributed by atoms with van der Waals surface area (Å²) in [5.74, 6) is 1.61. The number of rotatable bonds is 6. The lowest BCUT2D eigenvalue weighted by Gasteiger charge is -2.42. The molecular weight excluding hydrogens is 356 g/mol. The highest BCUT2D eigenvalue weighted by molar-refractivity contribution is 5.83. The molecule has 1 fully saturated rings. The van der Waals surface area contributed by atoms with Crippen LogP contribution in [0.5, 0.6) is 0 Å². The number of esters is 1. The summed E-state index contributed by atoms with van der Waals surface area (Å²) >= 11 is 0. The normalized spacial score (nSPS) is 26.1. The molecule has 1 aromatic rings. The van der Waals surface area contributed by atoms with Gasteiger partial charge < -0.3 is 4.74 Å². The predicted molar refractivity (Wildman–Crippen MR) is 121 cm³/mol. The largest absolute Gasteiger partial charge is 0.463 e. The van der Waals surface area contributed by atoms with E-state index in [0.717, 1.165) is 5.57 Å². The van der Waals surface area contributed by atoms with Crippen molar-refractivity contribution in [2.24, 2.45) is 11.8 Å². The second kappa shape index (κ2) is 8.13. The van der Waals surface area contributed by atoms with E-state index in [9.17, 15) is 4.79 Å². The van der Waals surface area contributed by atoms with Crippen LogP contribution in [-0.2, 0) is 20.4 Å². The van der Waals surface area contributed by atoms with Crippen LogP contribution in [-0.4, -0.2) is 12.6 Å². The van der Waals surface area contributed by atoms with Crippen LogP contribution in [0.3, 0.4) is 0 Å². The van der Waals surface area contributed by atoms with Crippen LogP contribution in [0.1, 0.15) is 90.3 Å². The molecule has 0 radical (unpaired) electrons. The average Bonchev–Trinajstić information content (AvgIpc) is 3.43. The third kappa shape index (κ3) is 4.85. The van der Waals surface area contributed by atoms with Gasteiger partial charge in [-0.25, -0.2) is 4.79 Å². The standard InChI is InChI=1S/C27H38O2/c1-8-29-25(28)15-18(2)9-10-21-16-22(21)19(3)20-11-12-23-24(17-20)27(6,7)14-13-26(23,4)5/h9-12,15,17,19,21-22H,8,13-14,16H2,1-7H3/b10-9+,18-15+/t19?,21-,22?/m0/s1. The van der Waals surface area contributed by atoms with Crippen LogP contribution < -0.4 is 0 Å². The van der Waals surface area contributed by atoms with E-state index in [4.69, 9.17) is 4.74 Å². The van der Waals surface area contributed by atoms with E-state index in [1.54, 1.807) is 11.6 Å². The Morgan fingerprint density at radius 1 is 1.17 bits per heavy atom. The SMILES string of the molecule is CCOC(=O)/C=C(C)/C=C/[C@H]1CC1C(C)c1ccc2c(c1)C(C)(C)CCC2(C)C. The molecule has 0 saturated heterocycles. The molecule has 2 heteroatoms. The van der Waals surface area contributed by atoms with E-state index < -0.39 is 0 Å². The molecule has 2 aliphatic rings. The molecule has 0 aromatic heterocycles. The van der Waals surface area contributed by atoms with Crippen LogP contribution in [0, 0.1) is 11.8 Å². The number of benzene rings is 1. The van der Waals surface area contributed by atoms with E-state index in [0.29, 0.717) is 24.4 Å². The summed E-state index contributed by atoms with van der Waals surface area (Å²) in [6, 6.07) is 7.28. The van der Waals surface area contributed by atoms with Gasteiger partial charge in [0, 0.05) is 6.08 Å². The summed E-state index contributed by atoms with van der Waals surface area (Å²) in [6.45, 7) is 16.2. The van der Waals surface area contributed by atoms with E-state index >= 15 is 0 Å². The summed E-state index contributed by atoms with van der Waals surface area (Å²) in [4.78, 5) is 11.6. The van der Waals surface area contributed by atoms with E-state index in [1.165, 1.54) is 30.4 Å². The zero-order valence-electron chi connectivity index (χ0n) is 19.3. The van der Waals surface area contributed by atoms with Gasteiger partial charge in [-0.2, -0.15) is 0 Å². The third-order valence-electron chi connectivity index (χ3n) is 7.17. The summed E-state index contributed by atoms with van der Waals surface area (Å²) in [5.41, 5.74) is 6.07. The maximum Gasteiger partial charge on any atom is 0.330 e. The number of fused-ring (bicyclic) bond motifs is 1. The summed E-state index contributed by atoms with van der Waals surface area (Å²) in [6.07, 6.45) is 9.68. The summed E-state index contributed by atoms with van der Waals surface area (Å²) < 4.78 is 4.98. The van der Waals surface area contributed by atoms with Crippen molar-refractivity contribution in [2.45, 2.75) is 84.5 Å². The molecule has 158 valence electrons. The Hall–Kier alpha value is -1.83. The zero-order chi connectivity index (χ0) is 21.4. The van der Waals surface area contributed by atoms with Gasteiger partial charge in [-0.3, -0.25) is 0 Å². The molecule has 0 N–H and O–H groups in total. The van der Waals surface area contributed by atoms with Gasteiger partial charge in [0.15, 0.2) is 0 Å². The maximum absolute atomic E-state index is 11.6. The Bertz CT molecular complexity index is 825. The van der Waals surface area contributed by atoms with Crippen molar-refractivity contribution in [1.82, 2.24) is 0 Å². The Balaban J connectivity index is 1.71. The summed E-state index contributed by atoms with van der Waals surface area (Å²) in [5, 5.41) is 0. The lowest BCUT2D eigenvalue weighted by atomic mass is 9.62. The number of hydrogen-bond donors (Lipinski definition) is 0. The van der Waals surface area contributed by atoms with Gasteiger partial charge in [-0.05, 0) is 84.0 Å². The first-order valence-corrected chi connectivity index (χ1v) is 11.2. The van der Waals surface area contributed by atoms with Gasteiger partial charge in [0.1, 0.15) is 0 Å². The predicted octanol–water partition coefficient (Wildman–Crippen LogP) is 6.84. The summed E-state index contributed by atoms with van der Waals surface area (Å²) in [7, 11) is 0. The Labute approximate surface area is 177 Å². The quantitative estimate of drug-likeness (QED) is 0.300. The molecule has 2 aliphatic carbocycles. The molecule has 2 nitrogen and oxygen atoms in total. The first kappa shape index (κ1) is 21.9. The fraction of sp³-hybridized carbons (Fsp3) is 0.593. The number of carbonyl (C=O) groups is 1. The molecule has 0 spiro atoms. The van der Waals surface area contributed by atoms with Gasteiger partial charge in [0.2, 0.25) is 0 Å². The van der Waals surface area contributed by atoms with Crippen molar-refractivity contribution in [3.05, 3.63) is 58.7 Å². The van der Waals surface area contributed by atoms with Crippen molar-refractivity contribution in [3.63, 3.8) is 0 Å². The average molecular weight is 395 g/mol. The fourth-order valence-corrected chi connectivity index (χ4v) is 4.86. The highest BCUT2D eigenvalue weighted by atomic mass is 16.5. The molecular formula is C27H38O2. The minimum Gasteiger partial charge on any atom is -0.463 e. The molecule has 0 bridgehead atoms. The Kier molecular flexibility index (Phi) is 6.13. The molecule has 2 unspecified atom stereocenters. The van der Waals surface area contributed by atoms with Crippen LogP contribution in [0.25, 0.3) is 0 Å². The number of hydrogen-bond acceptors (Lipinski definition) is 2. The van der Waals surface area contributed by atoms with Crippen LogP contribution >= 0.6 is 0 Å². The lowest BCUT2D eigenvalue weighted by Crippen LogP contribution is -2.34. The van der Waals surface area contributed by atoms with Gasteiger partial charge in [0.05, 0.1) is 6.61 Å². The molecule has 0 heterocycles. The number of ether oxygens (including phenoxy) is 1. The van der Waals surface area contributed by atoms with E-state index in [2.05, 4.69) is 65.0 Å². The zero-order valence-corrected chi connectivity index (χ0v) is 19.3. The Morgan fingerprint density at radius 2 is 1.83 bits per heavy atom. The Morgan fingerprint density at radius 3 is 2.48 bits per heavy atom. The molecule has 3 atom stereocenters. The molecule has 1 aromatic carbocycles. The highest BCUT2D eigenvalue weighted by Gasteiger charge is 2.41. The van der Waals surface area contributed by atoms with E-state index in [1.807, 2.05) is 13.8 Å². The molecule has 1 saturated carbocycles. The molecule has 0 aliphatic heterocycles. The minimum absolute atomic E-state index is 0.255. The maximum atomic E-state index is 11.6. The second-order valence-corrected chi connectivity index (χ2v) is 10.4. The van der Waals surface area contributed by atoms with Gasteiger partial charge in [0.25, 0.3) is 0 Å². The van der Waals surface area contributed by atoms with Crippen molar-refractivity contribution >= 4 is 5.97 Å². The third-order valence-corrected chi connectivity index (χ3v) is 7.17. The van der Waals surface area contributed by atoms with Crippen LogP contribution in [0.15, 0.2) is 42.0 Å². The fourth-order valence-electron chi connectivity index (χ4n) is 4.86. The number of carbonyl (C=O) groups excluding carboxylic acids is 1. The smallest absolute Gasteiger partial charge is 0.330 e. The monoisotopic (exact) mass is 394 g/mol. The van der Waals surface area contributed by atoms with Crippen molar-refractivity contribution in [2.75, 3.05) is 6.61 Å². The topological polar surface area (TPSA) is 26.3 Å². The van der Waals surface area contributed by atoms with Gasteiger partial charge in [-0.15, -0.1) is 0 Å². The van der Waals surface area contributed by atoms with Crippen molar-refractivity contribution in [1.29, 1.82) is 0 Å². The van der Waals surface area contributed by atoms with Crippen molar-refractivity contribution < 1.29 is 9.53 Å². The van der Waals surface area contributed by atoms with Gasteiger partial charge in [-0.1, -0.05) is 65.0 Å². The minimum atomic E-state index is -0.255.